The topological polar surface area (TPSA) is 69.6 Å². The van der Waals surface area contributed by atoms with E-state index < -0.39 is 12.0 Å². The van der Waals surface area contributed by atoms with Crippen molar-refractivity contribution in [2.45, 2.75) is 6.04 Å². The van der Waals surface area contributed by atoms with E-state index in [1.165, 1.54) is 7.05 Å². The normalized spacial score (nSPS) is 11.8. The van der Waals surface area contributed by atoms with Crippen molar-refractivity contribution in [3.8, 4) is 0 Å². The summed E-state index contributed by atoms with van der Waals surface area (Å²) in [6.45, 7) is -0.369. The van der Waals surface area contributed by atoms with Crippen LogP contribution in [0, 0.1) is 0 Å². The molecule has 0 spiro atoms. The Morgan fingerprint density at radius 1 is 1.78 bits per heavy atom. The van der Waals surface area contributed by atoms with Gasteiger partial charge in [-0.2, -0.15) is 0 Å². The fourth-order valence-corrected chi connectivity index (χ4v) is 0.293. The molecule has 0 radical (unpaired) electrons. The van der Waals surface area contributed by atoms with Crippen LogP contribution in [0.15, 0.2) is 0 Å². The summed E-state index contributed by atoms with van der Waals surface area (Å²) in [6.07, 6.45) is 0. The van der Waals surface area contributed by atoms with Crippen molar-refractivity contribution >= 4 is 18.4 Å². The Morgan fingerprint density at radius 3 is 2.22 bits per heavy atom. The van der Waals surface area contributed by atoms with Gasteiger partial charge in [-0.1, -0.05) is 0 Å². The van der Waals surface area contributed by atoms with E-state index >= 15 is 0 Å². The third-order valence-corrected chi connectivity index (χ3v) is 0.829. The Labute approximate surface area is 59.3 Å². The Balaban J connectivity index is 0. The lowest BCUT2D eigenvalue weighted by Crippen LogP contribution is -2.36. The van der Waals surface area contributed by atoms with E-state index in [1.807, 2.05) is 0 Å². The average Bonchev–Trinajstić information content (AvgIpc) is 1.69. The minimum atomic E-state index is -1.03. The van der Waals surface area contributed by atoms with Crippen LogP contribution < -0.4 is 5.32 Å². The number of nitrogens with one attached hydrogen (secondary N) is 1. The molecule has 4 nitrogen and oxygen atoms in total. The summed E-state index contributed by atoms with van der Waals surface area (Å²) in [7, 11) is 1.48. The quantitative estimate of drug-likeness (QED) is 0.493. The van der Waals surface area contributed by atoms with Gasteiger partial charge in [-0.25, -0.2) is 0 Å². The molecule has 0 heterocycles. The van der Waals surface area contributed by atoms with Crippen LogP contribution in [0.5, 0.6) is 0 Å². The highest BCUT2D eigenvalue weighted by atomic mass is 35.5. The number of halogens is 1. The summed E-state index contributed by atoms with van der Waals surface area (Å²) in [4.78, 5) is 9.94. The molecule has 0 amide bonds. The van der Waals surface area contributed by atoms with Gasteiger partial charge in [0.15, 0.2) is 0 Å². The summed E-state index contributed by atoms with van der Waals surface area (Å²) in [6, 6.07) is -0.824. The largest absolute Gasteiger partial charge is 0.480 e. The number of hydrogen-bond donors (Lipinski definition) is 3. The molecule has 0 saturated heterocycles. The zero-order valence-corrected chi connectivity index (χ0v) is 5.81. The van der Waals surface area contributed by atoms with Gasteiger partial charge in [0, 0.05) is 0 Å². The van der Waals surface area contributed by atoms with Crippen molar-refractivity contribution in [1.82, 2.24) is 5.32 Å². The number of carboxylic acids is 1. The van der Waals surface area contributed by atoms with E-state index in [0.29, 0.717) is 0 Å². The molecular weight excluding hydrogens is 146 g/mol. The molecule has 0 fully saturated rings. The van der Waals surface area contributed by atoms with Gasteiger partial charge in [-0.3, -0.25) is 4.79 Å². The molecule has 56 valence electrons. The molecule has 1 unspecified atom stereocenters. The highest BCUT2D eigenvalue weighted by Crippen LogP contribution is 1.76. The van der Waals surface area contributed by atoms with Crippen LogP contribution in [-0.2, 0) is 4.79 Å². The molecule has 0 rings (SSSR count). The summed E-state index contributed by atoms with van der Waals surface area (Å²) in [5.74, 6) is -1.03. The third kappa shape index (κ3) is 4.20. The van der Waals surface area contributed by atoms with Crippen LogP contribution in [-0.4, -0.2) is 35.9 Å². The molecule has 0 aliphatic carbocycles. The molecule has 0 aromatic rings. The first kappa shape index (κ1) is 11.5. The van der Waals surface area contributed by atoms with Crippen LogP contribution in [0.25, 0.3) is 0 Å². The maximum Gasteiger partial charge on any atom is 0.323 e. The maximum atomic E-state index is 9.94. The number of aliphatic carboxylic acids is 1. The number of aliphatic hydroxyl groups excluding tert-OH is 1. The molecule has 9 heavy (non-hydrogen) atoms. The Morgan fingerprint density at radius 2 is 2.22 bits per heavy atom. The zero-order chi connectivity index (χ0) is 6.57. The van der Waals surface area contributed by atoms with Crippen LogP contribution >= 0.6 is 12.4 Å². The van der Waals surface area contributed by atoms with Crippen molar-refractivity contribution in [3.05, 3.63) is 0 Å². The monoisotopic (exact) mass is 155 g/mol. The smallest absolute Gasteiger partial charge is 0.323 e. The number of rotatable bonds is 3. The Hall–Kier alpha value is -0.320. The molecule has 3 N–H and O–H groups in total. The maximum absolute atomic E-state index is 9.94. The second-order valence-electron chi connectivity index (χ2n) is 1.36. The molecular formula is C4H10ClNO3. The summed E-state index contributed by atoms with van der Waals surface area (Å²) >= 11 is 0. The Bertz CT molecular complexity index is 83.9. The highest BCUT2D eigenvalue weighted by molar-refractivity contribution is 5.85. The summed E-state index contributed by atoms with van der Waals surface area (Å²) in [5, 5.41) is 18.8. The first-order chi connectivity index (χ1) is 3.72. The van der Waals surface area contributed by atoms with Gasteiger partial charge in [0.2, 0.25) is 0 Å². The lowest BCUT2D eigenvalue weighted by atomic mass is 10.3. The van der Waals surface area contributed by atoms with E-state index in [9.17, 15) is 4.79 Å². The number of aliphatic hydroxyl groups is 1. The molecule has 0 saturated carbocycles. The van der Waals surface area contributed by atoms with Crippen LogP contribution in [0.4, 0.5) is 0 Å². The second-order valence-corrected chi connectivity index (χ2v) is 1.36. The molecule has 0 bridgehead atoms. The van der Waals surface area contributed by atoms with Crippen molar-refractivity contribution in [3.63, 3.8) is 0 Å². The predicted molar refractivity (Wildman–Crippen MR) is 34.8 cm³/mol. The second kappa shape index (κ2) is 5.81. The van der Waals surface area contributed by atoms with Gasteiger partial charge >= 0.3 is 5.97 Å². The SMILES string of the molecule is CNC(CO)C(=O)O.Cl. The first-order valence-corrected chi connectivity index (χ1v) is 2.23. The molecule has 0 aliphatic heterocycles. The first-order valence-electron chi connectivity index (χ1n) is 2.23. The standard InChI is InChI=1S/C4H9NO3.ClH/c1-5-3(2-6)4(7)8;/h3,5-6H,2H2,1H3,(H,7,8);1H. The van der Waals surface area contributed by atoms with Crippen LogP contribution in [0.3, 0.4) is 0 Å². The van der Waals surface area contributed by atoms with Gasteiger partial charge in [0.1, 0.15) is 6.04 Å². The Kier molecular flexibility index (Phi) is 7.41. The van der Waals surface area contributed by atoms with Crippen molar-refractivity contribution in [2.75, 3.05) is 13.7 Å². The molecule has 0 aromatic carbocycles. The number of carbonyl (C=O) groups is 1. The van der Waals surface area contributed by atoms with Crippen LogP contribution in [0.2, 0.25) is 0 Å². The van der Waals surface area contributed by atoms with Gasteiger partial charge < -0.3 is 15.5 Å². The molecule has 1 atom stereocenters. The van der Waals surface area contributed by atoms with Crippen molar-refractivity contribution < 1.29 is 15.0 Å². The van der Waals surface area contributed by atoms with Gasteiger partial charge in [0.05, 0.1) is 6.61 Å². The minimum Gasteiger partial charge on any atom is -0.480 e. The van der Waals surface area contributed by atoms with Gasteiger partial charge in [0.25, 0.3) is 0 Å². The fourth-order valence-electron chi connectivity index (χ4n) is 0.293. The van der Waals surface area contributed by atoms with Gasteiger partial charge in [-0.15, -0.1) is 12.4 Å². The van der Waals surface area contributed by atoms with Crippen molar-refractivity contribution in [2.24, 2.45) is 0 Å². The molecule has 5 heteroatoms. The van der Waals surface area contributed by atoms with E-state index in [0.717, 1.165) is 0 Å². The lowest BCUT2D eigenvalue weighted by Gasteiger charge is -2.04. The third-order valence-electron chi connectivity index (χ3n) is 0.829. The highest BCUT2D eigenvalue weighted by Gasteiger charge is 2.11. The number of carboxylic acid groups (broad SMARTS) is 1. The van der Waals surface area contributed by atoms with Crippen LogP contribution in [0.1, 0.15) is 0 Å². The molecule has 0 aromatic heterocycles. The van der Waals surface area contributed by atoms with Crippen molar-refractivity contribution in [1.29, 1.82) is 0 Å². The predicted octanol–water partition coefficient (Wildman–Crippen LogP) is -0.927. The van der Waals surface area contributed by atoms with E-state index in [4.69, 9.17) is 10.2 Å². The van der Waals surface area contributed by atoms with E-state index in [-0.39, 0.29) is 19.0 Å². The number of likely N-dealkylation sites (N-methyl/N-ethyl adjacent to an activating group) is 1. The number of hydrogen-bond acceptors (Lipinski definition) is 3. The zero-order valence-electron chi connectivity index (χ0n) is 5.00. The average molecular weight is 156 g/mol. The lowest BCUT2D eigenvalue weighted by molar-refractivity contribution is -0.140. The summed E-state index contributed by atoms with van der Waals surface area (Å²) < 4.78 is 0. The van der Waals surface area contributed by atoms with E-state index in [1.54, 1.807) is 0 Å². The minimum absolute atomic E-state index is 0. The van der Waals surface area contributed by atoms with Gasteiger partial charge in [-0.05, 0) is 7.05 Å². The fraction of sp³-hybridized carbons (Fsp3) is 0.750. The summed E-state index contributed by atoms with van der Waals surface area (Å²) in [5.41, 5.74) is 0. The van der Waals surface area contributed by atoms with E-state index in [2.05, 4.69) is 5.32 Å². The molecule has 0 aliphatic rings.